The molecule has 0 aromatic heterocycles. The number of nitrogens with one attached hydrogen (secondary N) is 1. The topological polar surface area (TPSA) is 75.7 Å². The van der Waals surface area contributed by atoms with Crippen molar-refractivity contribution in [3.8, 4) is 11.5 Å². The summed E-state index contributed by atoms with van der Waals surface area (Å²) in [6, 6.07) is 25.5. The molecule has 6 nitrogen and oxygen atoms in total. The Morgan fingerprint density at radius 2 is 1.42 bits per heavy atom. The molecule has 0 aliphatic rings. The molecule has 3 aromatic carbocycles. The van der Waals surface area contributed by atoms with Crippen molar-refractivity contribution in [2.75, 3.05) is 17.1 Å². The Morgan fingerprint density at radius 1 is 0.879 bits per heavy atom. The molecule has 7 heteroatoms. The Bertz CT molecular complexity index is 1130. The monoisotopic (exact) mass is 466 g/mol. The lowest BCUT2D eigenvalue weighted by Crippen LogP contribution is -2.41. The fourth-order valence-corrected chi connectivity index (χ4v) is 4.37. The van der Waals surface area contributed by atoms with Crippen LogP contribution in [0.25, 0.3) is 0 Å². The van der Waals surface area contributed by atoms with Gasteiger partial charge in [-0.25, -0.2) is 8.42 Å². The summed E-state index contributed by atoms with van der Waals surface area (Å²) < 4.78 is 31.9. The maximum absolute atomic E-state index is 12.9. The first-order chi connectivity index (χ1) is 15.7. The third-order valence-corrected chi connectivity index (χ3v) is 6.18. The van der Waals surface area contributed by atoms with Gasteiger partial charge in [0.25, 0.3) is 0 Å². The van der Waals surface area contributed by atoms with Crippen LogP contribution in [0.5, 0.6) is 11.5 Å². The second-order valence-corrected chi connectivity index (χ2v) is 10.2. The number of anilines is 1. The number of nitrogens with zero attached hydrogens (tertiary/aromatic N) is 1. The molecule has 1 amide bonds. The van der Waals surface area contributed by atoms with Gasteiger partial charge in [0.05, 0.1) is 18.0 Å². The van der Waals surface area contributed by atoms with Crippen LogP contribution in [0.4, 0.5) is 5.69 Å². The minimum absolute atomic E-state index is 0.193. The summed E-state index contributed by atoms with van der Waals surface area (Å²) in [5, 5.41) is 3.01. The number of carbonyl (C=O) groups excluding carboxylic acids is 1. The minimum atomic E-state index is -3.68. The molecular weight excluding hydrogens is 436 g/mol. The number of ether oxygens (including phenoxy) is 1. The van der Waals surface area contributed by atoms with Crippen molar-refractivity contribution in [2.45, 2.75) is 26.3 Å². The molecule has 0 aliphatic heterocycles. The van der Waals surface area contributed by atoms with E-state index in [-0.39, 0.29) is 18.5 Å². The van der Waals surface area contributed by atoms with Gasteiger partial charge in [-0.05, 0) is 54.3 Å². The third-order valence-electron chi connectivity index (χ3n) is 5.04. The number of para-hydroxylation sites is 1. The predicted molar refractivity (Wildman–Crippen MR) is 132 cm³/mol. The molecule has 1 atom stereocenters. The SMILES string of the molecule is CC(C)C[C@H](NC(=O)CN(c1ccc(Oc2ccccc2)cc1)S(C)(=O)=O)c1ccccc1. The molecule has 3 rings (SSSR count). The van der Waals surface area contributed by atoms with Gasteiger partial charge in [-0.2, -0.15) is 0 Å². The highest BCUT2D eigenvalue weighted by Crippen LogP contribution is 2.26. The standard InChI is InChI=1S/C26H30N2O4S/c1-20(2)18-25(21-10-6-4-7-11-21)27-26(29)19-28(33(3,30)31)22-14-16-24(17-15-22)32-23-12-8-5-9-13-23/h4-17,20,25H,18-19H2,1-3H3,(H,27,29)/t25-/m0/s1. The Kier molecular flexibility index (Phi) is 8.11. The summed E-state index contributed by atoms with van der Waals surface area (Å²) in [5.41, 5.74) is 1.39. The Hall–Kier alpha value is -3.32. The molecule has 0 heterocycles. The molecule has 1 N–H and O–H groups in total. The van der Waals surface area contributed by atoms with Crippen LogP contribution in [0, 0.1) is 5.92 Å². The van der Waals surface area contributed by atoms with E-state index in [2.05, 4.69) is 19.2 Å². The van der Waals surface area contributed by atoms with Crippen molar-refractivity contribution >= 4 is 21.6 Å². The highest BCUT2D eigenvalue weighted by atomic mass is 32.2. The van der Waals surface area contributed by atoms with Crippen LogP contribution in [0.1, 0.15) is 31.9 Å². The van der Waals surface area contributed by atoms with Gasteiger partial charge in [-0.3, -0.25) is 9.10 Å². The molecule has 3 aromatic rings. The van der Waals surface area contributed by atoms with Gasteiger partial charge in [-0.1, -0.05) is 62.4 Å². The zero-order valence-electron chi connectivity index (χ0n) is 19.1. The second kappa shape index (κ2) is 11.0. The molecule has 33 heavy (non-hydrogen) atoms. The number of hydrogen-bond donors (Lipinski definition) is 1. The van der Waals surface area contributed by atoms with Crippen LogP contribution in [-0.2, 0) is 14.8 Å². The highest BCUT2D eigenvalue weighted by molar-refractivity contribution is 7.92. The molecule has 0 spiro atoms. The minimum Gasteiger partial charge on any atom is -0.457 e. The van der Waals surface area contributed by atoms with E-state index in [4.69, 9.17) is 4.74 Å². The van der Waals surface area contributed by atoms with Crippen molar-refractivity contribution in [2.24, 2.45) is 5.92 Å². The maximum atomic E-state index is 12.9. The van der Waals surface area contributed by atoms with E-state index in [1.807, 2.05) is 60.7 Å². The fourth-order valence-electron chi connectivity index (χ4n) is 3.51. The summed E-state index contributed by atoms with van der Waals surface area (Å²) in [6.45, 7) is 3.87. The van der Waals surface area contributed by atoms with Gasteiger partial charge in [0.2, 0.25) is 15.9 Å². The number of hydrogen-bond acceptors (Lipinski definition) is 4. The lowest BCUT2D eigenvalue weighted by atomic mass is 9.97. The van der Waals surface area contributed by atoms with E-state index in [0.717, 1.165) is 22.5 Å². The van der Waals surface area contributed by atoms with E-state index in [9.17, 15) is 13.2 Å². The smallest absolute Gasteiger partial charge is 0.241 e. The zero-order valence-corrected chi connectivity index (χ0v) is 20.0. The summed E-state index contributed by atoms with van der Waals surface area (Å²) in [4.78, 5) is 12.9. The maximum Gasteiger partial charge on any atom is 0.241 e. The van der Waals surface area contributed by atoms with Gasteiger partial charge in [0.1, 0.15) is 18.0 Å². The van der Waals surface area contributed by atoms with Crippen molar-refractivity contribution < 1.29 is 17.9 Å². The van der Waals surface area contributed by atoms with Gasteiger partial charge < -0.3 is 10.1 Å². The number of carbonyl (C=O) groups is 1. The zero-order chi connectivity index (χ0) is 23.8. The fraction of sp³-hybridized carbons (Fsp3) is 0.269. The van der Waals surface area contributed by atoms with Crippen molar-refractivity contribution in [3.05, 3.63) is 90.5 Å². The number of sulfonamides is 1. The molecule has 0 unspecified atom stereocenters. The van der Waals surface area contributed by atoms with Crippen molar-refractivity contribution in [1.29, 1.82) is 0 Å². The highest BCUT2D eigenvalue weighted by Gasteiger charge is 2.23. The average Bonchev–Trinajstić information content (AvgIpc) is 2.78. The molecule has 0 fully saturated rings. The van der Waals surface area contributed by atoms with Gasteiger partial charge >= 0.3 is 0 Å². The Balaban J connectivity index is 1.74. The second-order valence-electron chi connectivity index (χ2n) is 8.34. The lowest BCUT2D eigenvalue weighted by molar-refractivity contribution is -0.120. The van der Waals surface area contributed by atoms with Crippen LogP contribution in [0.3, 0.4) is 0 Å². The summed E-state index contributed by atoms with van der Waals surface area (Å²) in [7, 11) is -3.68. The first-order valence-corrected chi connectivity index (χ1v) is 12.7. The normalized spacial score (nSPS) is 12.2. The molecule has 0 saturated heterocycles. The molecular formula is C26H30N2O4S. The third kappa shape index (κ3) is 7.36. The van der Waals surface area contributed by atoms with Crippen LogP contribution in [0.15, 0.2) is 84.9 Å². The Morgan fingerprint density at radius 3 is 1.97 bits per heavy atom. The van der Waals surface area contributed by atoms with E-state index in [0.29, 0.717) is 23.1 Å². The number of rotatable bonds is 10. The summed E-state index contributed by atoms with van der Waals surface area (Å²) >= 11 is 0. The van der Waals surface area contributed by atoms with E-state index >= 15 is 0 Å². The molecule has 174 valence electrons. The molecule has 0 saturated carbocycles. The summed E-state index contributed by atoms with van der Waals surface area (Å²) in [6.07, 6.45) is 1.84. The predicted octanol–water partition coefficient (Wildman–Crippen LogP) is 5.15. The molecule has 0 radical (unpaired) electrons. The van der Waals surface area contributed by atoms with Gasteiger partial charge in [0.15, 0.2) is 0 Å². The average molecular weight is 467 g/mol. The quantitative estimate of drug-likeness (QED) is 0.448. The first kappa shape index (κ1) is 24.3. The first-order valence-electron chi connectivity index (χ1n) is 10.9. The van der Waals surface area contributed by atoms with Gasteiger partial charge in [0, 0.05) is 0 Å². The largest absolute Gasteiger partial charge is 0.457 e. The van der Waals surface area contributed by atoms with Gasteiger partial charge in [-0.15, -0.1) is 0 Å². The van der Waals surface area contributed by atoms with Crippen LogP contribution in [-0.4, -0.2) is 27.1 Å². The number of benzene rings is 3. The van der Waals surface area contributed by atoms with E-state index < -0.39 is 10.0 Å². The Labute approximate surface area is 196 Å². The molecule has 0 bridgehead atoms. The number of amides is 1. The van der Waals surface area contributed by atoms with Crippen molar-refractivity contribution in [3.63, 3.8) is 0 Å². The summed E-state index contributed by atoms with van der Waals surface area (Å²) in [5.74, 6) is 1.25. The lowest BCUT2D eigenvalue weighted by Gasteiger charge is -2.25. The van der Waals surface area contributed by atoms with Crippen LogP contribution >= 0.6 is 0 Å². The van der Waals surface area contributed by atoms with Crippen LogP contribution in [0.2, 0.25) is 0 Å². The van der Waals surface area contributed by atoms with Crippen LogP contribution < -0.4 is 14.4 Å². The van der Waals surface area contributed by atoms with Crippen molar-refractivity contribution in [1.82, 2.24) is 5.32 Å². The van der Waals surface area contributed by atoms with E-state index in [1.54, 1.807) is 24.3 Å². The van der Waals surface area contributed by atoms with E-state index in [1.165, 1.54) is 0 Å². The molecule has 0 aliphatic carbocycles.